The summed E-state index contributed by atoms with van der Waals surface area (Å²) in [6.07, 6.45) is 0. The zero-order valence-corrected chi connectivity index (χ0v) is 13.5. The lowest BCUT2D eigenvalue weighted by Gasteiger charge is -2.13. The minimum atomic E-state index is -0.583. The number of methoxy groups -OCH3 is 1. The van der Waals surface area contributed by atoms with Crippen LogP contribution in [0.5, 0.6) is 11.5 Å². The average Bonchev–Trinajstić information content (AvgIpc) is 2.50. The third-order valence-electron chi connectivity index (χ3n) is 2.68. The summed E-state index contributed by atoms with van der Waals surface area (Å²) < 4.78 is 15.8. The van der Waals surface area contributed by atoms with E-state index in [1.165, 1.54) is 13.2 Å². The van der Waals surface area contributed by atoms with Gasteiger partial charge in [-0.15, -0.1) is 0 Å². The summed E-state index contributed by atoms with van der Waals surface area (Å²) in [5, 5.41) is 2.55. The second kappa shape index (κ2) is 8.92. The number of carbonyl (C=O) groups excluding carboxylic acids is 2. The number of carbonyl (C=O) groups is 2. The highest BCUT2D eigenvalue weighted by Gasteiger charge is 2.14. The zero-order chi connectivity index (χ0) is 16.5. The monoisotopic (exact) mass is 309 g/mol. The van der Waals surface area contributed by atoms with E-state index in [0.717, 1.165) is 0 Å². The average molecular weight is 309 g/mol. The molecule has 1 aromatic rings. The molecule has 0 heterocycles. The Morgan fingerprint density at radius 1 is 1.23 bits per heavy atom. The summed E-state index contributed by atoms with van der Waals surface area (Å²) in [6.45, 7) is 6.61. The Balaban J connectivity index is 2.71. The predicted octanol–water partition coefficient (Wildman–Crippen LogP) is 2.02. The fourth-order valence-electron chi connectivity index (χ4n) is 1.63. The molecule has 1 amide bonds. The van der Waals surface area contributed by atoms with Crippen molar-refractivity contribution < 1.29 is 23.8 Å². The summed E-state index contributed by atoms with van der Waals surface area (Å²) in [5.41, 5.74) is 0.304. The van der Waals surface area contributed by atoms with E-state index in [2.05, 4.69) is 5.32 Å². The van der Waals surface area contributed by atoms with Crippen molar-refractivity contribution in [1.29, 1.82) is 0 Å². The van der Waals surface area contributed by atoms with E-state index in [1.807, 2.05) is 13.8 Å². The minimum Gasteiger partial charge on any atom is -0.493 e. The highest BCUT2D eigenvalue weighted by atomic mass is 16.5. The molecule has 22 heavy (non-hydrogen) atoms. The van der Waals surface area contributed by atoms with Crippen LogP contribution in [-0.2, 0) is 9.53 Å². The number of likely N-dealkylation sites (N-methyl/N-ethyl adjacent to an activating group) is 1. The highest BCUT2D eigenvalue weighted by molar-refractivity contribution is 5.92. The molecule has 0 fully saturated rings. The summed E-state index contributed by atoms with van der Waals surface area (Å²) >= 11 is 0. The normalized spacial score (nSPS) is 10.2. The van der Waals surface area contributed by atoms with Gasteiger partial charge in [0.05, 0.1) is 19.3 Å². The van der Waals surface area contributed by atoms with Gasteiger partial charge in [-0.25, -0.2) is 4.79 Å². The van der Waals surface area contributed by atoms with E-state index in [9.17, 15) is 9.59 Å². The number of esters is 1. The summed E-state index contributed by atoms with van der Waals surface area (Å²) in [7, 11) is 1.50. The van der Waals surface area contributed by atoms with Crippen molar-refractivity contribution in [1.82, 2.24) is 5.32 Å². The van der Waals surface area contributed by atoms with Crippen molar-refractivity contribution in [3.8, 4) is 11.5 Å². The molecule has 0 spiro atoms. The van der Waals surface area contributed by atoms with Crippen molar-refractivity contribution in [2.75, 3.05) is 26.9 Å². The number of amides is 1. The van der Waals surface area contributed by atoms with Crippen LogP contribution in [0.1, 0.15) is 31.1 Å². The van der Waals surface area contributed by atoms with E-state index in [-0.39, 0.29) is 12.5 Å². The Morgan fingerprint density at radius 2 is 1.95 bits per heavy atom. The Kier molecular flexibility index (Phi) is 7.22. The minimum absolute atomic E-state index is 0.304. The molecule has 0 atom stereocenters. The summed E-state index contributed by atoms with van der Waals surface area (Å²) in [5.74, 6) is 0.482. The van der Waals surface area contributed by atoms with Crippen LogP contribution < -0.4 is 14.8 Å². The number of rotatable bonds is 8. The zero-order valence-electron chi connectivity index (χ0n) is 13.5. The lowest BCUT2D eigenvalue weighted by atomic mass is 10.2. The number of ether oxygens (including phenoxy) is 3. The Bertz CT molecular complexity index is 513. The largest absolute Gasteiger partial charge is 0.493 e. The van der Waals surface area contributed by atoms with E-state index < -0.39 is 5.97 Å². The van der Waals surface area contributed by atoms with Crippen LogP contribution in [0.4, 0.5) is 0 Å². The molecule has 0 aliphatic carbocycles. The van der Waals surface area contributed by atoms with Gasteiger partial charge in [0, 0.05) is 6.54 Å². The molecule has 1 rings (SSSR count). The van der Waals surface area contributed by atoms with Crippen LogP contribution in [0.2, 0.25) is 0 Å². The van der Waals surface area contributed by atoms with Gasteiger partial charge in [-0.2, -0.15) is 0 Å². The van der Waals surface area contributed by atoms with Gasteiger partial charge in [-0.05, 0) is 31.0 Å². The maximum absolute atomic E-state index is 11.9. The number of hydrogen-bond acceptors (Lipinski definition) is 5. The SMILES string of the molecule is CCNC(=O)COC(=O)c1ccc(OCC(C)C)c(OC)c1. The van der Waals surface area contributed by atoms with Gasteiger partial charge in [-0.3, -0.25) is 4.79 Å². The van der Waals surface area contributed by atoms with Crippen molar-refractivity contribution >= 4 is 11.9 Å². The van der Waals surface area contributed by atoms with Gasteiger partial charge in [0.1, 0.15) is 0 Å². The standard InChI is InChI=1S/C16H23NO5/c1-5-17-15(18)10-22-16(19)12-6-7-13(14(8-12)20-4)21-9-11(2)3/h6-8,11H,5,9-10H2,1-4H3,(H,17,18). The first-order valence-corrected chi connectivity index (χ1v) is 7.22. The molecule has 6 heteroatoms. The summed E-state index contributed by atoms with van der Waals surface area (Å²) in [6, 6.07) is 4.78. The molecule has 0 aliphatic rings. The molecule has 0 unspecified atom stereocenters. The lowest BCUT2D eigenvalue weighted by molar-refractivity contribution is -0.124. The first-order valence-electron chi connectivity index (χ1n) is 7.22. The van der Waals surface area contributed by atoms with E-state index in [0.29, 0.717) is 36.1 Å². The predicted molar refractivity (Wildman–Crippen MR) is 82.3 cm³/mol. The van der Waals surface area contributed by atoms with Gasteiger partial charge in [-0.1, -0.05) is 13.8 Å². The highest BCUT2D eigenvalue weighted by Crippen LogP contribution is 2.28. The topological polar surface area (TPSA) is 73.9 Å². The third kappa shape index (κ3) is 5.63. The molecule has 1 N–H and O–H groups in total. The Morgan fingerprint density at radius 3 is 2.55 bits per heavy atom. The molecule has 0 saturated heterocycles. The van der Waals surface area contributed by atoms with Gasteiger partial charge in [0.15, 0.2) is 18.1 Å². The van der Waals surface area contributed by atoms with Crippen LogP contribution in [0, 0.1) is 5.92 Å². The number of hydrogen-bond donors (Lipinski definition) is 1. The van der Waals surface area contributed by atoms with Crippen LogP contribution >= 0.6 is 0 Å². The fraction of sp³-hybridized carbons (Fsp3) is 0.500. The second-order valence-corrected chi connectivity index (χ2v) is 5.10. The van der Waals surface area contributed by atoms with Gasteiger partial charge >= 0.3 is 5.97 Å². The molecule has 0 aliphatic heterocycles. The molecule has 1 aromatic carbocycles. The summed E-state index contributed by atoms with van der Waals surface area (Å²) in [4.78, 5) is 23.2. The Hall–Kier alpha value is -2.24. The van der Waals surface area contributed by atoms with Crippen molar-refractivity contribution in [3.05, 3.63) is 23.8 Å². The molecule has 0 bridgehead atoms. The molecule has 0 radical (unpaired) electrons. The lowest BCUT2D eigenvalue weighted by Crippen LogP contribution is -2.28. The molecular formula is C16H23NO5. The fourth-order valence-corrected chi connectivity index (χ4v) is 1.63. The number of nitrogens with one attached hydrogen (secondary N) is 1. The van der Waals surface area contributed by atoms with Crippen molar-refractivity contribution in [2.45, 2.75) is 20.8 Å². The maximum Gasteiger partial charge on any atom is 0.338 e. The van der Waals surface area contributed by atoms with Crippen molar-refractivity contribution in [3.63, 3.8) is 0 Å². The van der Waals surface area contributed by atoms with Crippen molar-refractivity contribution in [2.24, 2.45) is 5.92 Å². The van der Waals surface area contributed by atoms with Crippen LogP contribution in [0.25, 0.3) is 0 Å². The Labute approximate surface area is 130 Å². The van der Waals surface area contributed by atoms with Crippen LogP contribution in [0.3, 0.4) is 0 Å². The van der Waals surface area contributed by atoms with E-state index in [1.54, 1.807) is 19.1 Å². The first kappa shape index (κ1) is 17.8. The third-order valence-corrected chi connectivity index (χ3v) is 2.68. The van der Waals surface area contributed by atoms with Crippen LogP contribution in [-0.4, -0.2) is 38.7 Å². The molecule has 0 saturated carbocycles. The number of benzene rings is 1. The second-order valence-electron chi connectivity index (χ2n) is 5.10. The van der Waals surface area contributed by atoms with Gasteiger partial charge < -0.3 is 19.5 Å². The van der Waals surface area contributed by atoms with Crippen LogP contribution in [0.15, 0.2) is 18.2 Å². The first-order chi connectivity index (χ1) is 10.5. The molecule has 6 nitrogen and oxygen atoms in total. The maximum atomic E-state index is 11.9. The molecule has 0 aromatic heterocycles. The smallest absolute Gasteiger partial charge is 0.338 e. The quantitative estimate of drug-likeness (QED) is 0.744. The molecule has 122 valence electrons. The van der Waals surface area contributed by atoms with Gasteiger partial charge in [0.25, 0.3) is 5.91 Å². The molecular weight excluding hydrogens is 286 g/mol. The van der Waals surface area contributed by atoms with E-state index >= 15 is 0 Å². The van der Waals surface area contributed by atoms with E-state index in [4.69, 9.17) is 14.2 Å². The van der Waals surface area contributed by atoms with Gasteiger partial charge in [0.2, 0.25) is 0 Å².